The molecule has 2 heterocycles. The molecule has 1 aliphatic heterocycles. The molecule has 110 valence electrons. The third-order valence-electron chi connectivity index (χ3n) is 3.55. The van der Waals surface area contributed by atoms with Crippen molar-refractivity contribution in [2.24, 2.45) is 0 Å². The summed E-state index contributed by atoms with van der Waals surface area (Å²) in [5, 5.41) is 3.33. The van der Waals surface area contributed by atoms with E-state index in [2.05, 4.69) is 47.8 Å². The van der Waals surface area contributed by atoms with E-state index in [9.17, 15) is 0 Å². The summed E-state index contributed by atoms with van der Waals surface area (Å²) in [6.07, 6.45) is 1.87. The highest BCUT2D eigenvalue weighted by Crippen LogP contribution is 2.30. The average Bonchev–Trinajstić information content (AvgIpc) is 2.97. The second-order valence-electron chi connectivity index (χ2n) is 4.96. The third-order valence-corrected chi connectivity index (χ3v) is 4.68. The number of fused-ring (bicyclic) bond motifs is 1. The lowest BCUT2D eigenvalue weighted by Gasteiger charge is -2.12. The van der Waals surface area contributed by atoms with E-state index in [0.717, 1.165) is 58.2 Å². The van der Waals surface area contributed by atoms with Gasteiger partial charge in [0.25, 0.3) is 0 Å². The van der Waals surface area contributed by atoms with Gasteiger partial charge in [-0.25, -0.2) is 9.97 Å². The molecule has 1 aromatic carbocycles. The second-order valence-corrected chi connectivity index (χ2v) is 6.04. The molecule has 0 radical (unpaired) electrons. The van der Waals surface area contributed by atoms with Gasteiger partial charge in [0.2, 0.25) is 0 Å². The van der Waals surface area contributed by atoms with E-state index in [1.54, 1.807) is 0 Å². The number of aryl methyl sites for hydroxylation is 1. The molecule has 0 saturated heterocycles. The fourth-order valence-electron chi connectivity index (χ4n) is 2.47. The molecule has 0 spiro atoms. The SMILES string of the molecule is CCNc1nc(-c2ccc3c(c2)CCO3)nc(CC)c1I. The molecule has 0 aliphatic carbocycles. The number of anilines is 1. The number of halogens is 1. The predicted octanol–water partition coefficient (Wildman–Crippen LogP) is 3.68. The van der Waals surface area contributed by atoms with Crippen molar-refractivity contribution in [3.63, 3.8) is 0 Å². The van der Waals surface area contributed by atoms with Crippen LogP contribution in [0.1, 0.15) is 25.1 Å². The summed E-state index contributed by atoms with van der Waals surface area (Å²) in [5.74, 6) is 2.71. The first kappa shape index (κ1) is 14.6. The number of ether oxygens (including phenoxy) is 1. The summed E-state index contributed by atoms with van der Waals surface area (Å²) in [5.41, 5.74) is 3.40. The van der Waals surface area contributed by atoms with Gasteiger partial charge in [-0.3, -0.25) is 0 Å². The Morgan fingerprint density at radius 1 is 1.29 bits per heavy atom. The number of nitrogens with one attached hydrogen (secondary N) is 1. The fourth-order valence-corrected chi connectivity index (χ4v) is 3.28. The Morgan fingerprint density at radius 2 is 2.14 bits per heavy atom. The minimum atomic E-state index is 0.773. The highest BCUT2D eigenvalue weighted by Gasteiger charge is 2.16. The zero-order chi connectivity index (χ0) is 14.8. The first-order chi connectivity index (χ1) is 10.2. The third kappa shape index (κ3) is 2.84. The lowest BCUT2D eigenvalue weighted by atomic mass is 10.1. The van der Waals surface area contributed by atoms with Gasteiger partial charge in [-0.2, -0.15) is 0 Å². The van der Waals surface area contributed by atoms with Gasteiger partial charge in [0.1, 0.15) is 11.6 Å². The Balaban J connectivity index is 2.07. The van der Waals surface area contributed by atoms with E-state index in [4.69, 9.17) is 14.7 Å². The van der Waals surface area contributed by atoms with E-state index in [1.807, 2.05) is 12.1 Å². The maximum atomic E-state index is 5.56. The van der Waals surface area contributed by atoms with Crippen LogP contribution in [-0.2, 0) is 12.8 Å². The van der Waals surface area contributed by atoms with Crippen LogP contribution >= 0.6 is 22.6 Å². The van der Waals surface area contributed by atoms with Crippen LogP contribution in [0.15, 0.2) is 18.2 Å². The Hall–Kier alpha value is -1.37. The molecular weight excluding hydrogens is 377 g/mol. The standard InChI is InChI=1S/C16H18IN3O/c1-3-12-14(17)16(18-4-2)20-15(19-12)11-5-6-13-10(9-11)7-8-21-13/h5-6,9H,3-4,7-8H2,1-2H3,(H,18,19,20). The van der Waals surface area contributed by atoms with Crippen molar-refractivity contribution in [1.29, 1.82) is 0 Å². The van der Waals surface area contributed by atoms with Crippen LogP contribution in [0.4, 0.5) is 5.82 Å². The normalized spacial score (nSPS) is 12.9. The summed E-state index contributed by atoms with van der Waals surface area (Å²) in [6.45, 7) is 5.83. The molecule has 4 nitrogen and oxygen atoms in total. The van der Waals surface area contributed by atoms with Gasteiger partial charge in [-0.05, 0) is 59.7 Å². The first-order valence-corrected chi connectivity index (χ1v) is 8.37. The molecule has 0 atom stereocenters. The number of rotatable bonds is 4. The minimum Gasteiger partial charge on any atom is -0.493 e. The molecule has 5 heteroatoms. The largest absolute Gasteiger partial charge is 0.493 e. The van der Waals surface area contributed by atoms with Crippen LogP contribution in [-0.4, -0.2) is 23.1 Å². The van der Waals surface area contributed by atoms with Crippen molar-refractivity contribution in [3.8, 4) is 17.1 Å². The summed E-state index contributed by atoms with van der Waals surface area (Å²) in [4.78, 5) is 9.43. The van der Waals surface area contributed by atoms with Gasteiger partial charge in [-0.15, -0.1) is 0 Å². The Morgan fingerprint density at radius 3 is 2.90 bits per heavy atom. The van der Waals surface area contributed by atoms with Gasteiger partial charge < -0.3 is 10.1 Å². The van der Waals surface area contributed by atoms with Crippen LogP contribution in [0.5, 0.6) is 5.75 Å². The molecule has 0 saturated carbocycles. The molecule has 0 fully saturated rings. The number of hydrogen-bond acceptors (Lipinski definition) is 4. The van der Waals surface area contributed by atoms with Crippen molar-refractivity contribution >= 4 is 28.4 Å². The molecule has 0 unspecified atom stereocenters. The van der Waals surface area contributed by atoms with Crippen LogP contribution in [0.2, 0.25) is 0 Å². The number of hydrogen-bond donors (Lipinski definition) is 1. The Kier molecular flexibility index (Phi) is 4.28. The number of nitrogens with zero attached hydrogens (tertiary/aromatic N) is 2. The molecule has 2 aromatic rings. The molecule has 1 N–H and O–H groups in total. The van der Waals surface area contributed by atoms with Crippen LogP contribution in [0.3, 0.4) is 0 Å². The summed E-state index contributed by atoms with van der Waals surface area (Å²) in [6, 6.07) is 6.22. The molecule has 0 bridgehead atoms. The predicted molar refractivity (Wildman–Crippen MR) is 92.9 cm³/mol. The molecule has 3 rings (SSSR count). The quantitative estimate of drug-likeness (QED) is 0.803. The van der Waals surface area contributed by atoms with Crippen LogP contribution < -0.4 is 10.1 Å². The lowest BCUT2D eigenvalue weighted by molar-refractivity contribution is 0.357. The summed E-state index contributed by atoms with van der Waals surface area (Å²) >= 11 is 2.32. The van der Waals surface area contributed by atoms with Crippen molar-refractivity contribution in [2.75, 3.05) is 18.5 Å². The van der Waals surface area contributed by atoms with E-state index >= 15 is 0 Å². The Labute approximate surface area is 138 Å². The highest BCUT2D eigenvalue weighted by atomic mass is 127. The van der Waals surface area contributed by atoms with Crippen molar-refractivity contribution in [3.05, 3.63) is 33.0 Å². The molecule has 1 aromatic heterocycles. The van der Waals surface area contributed by atoms with Crippen LogP contribution in [0, 0.1) is 3.57 Å². The zero-order valence-corrected chi connectivity index (χ0v) is 14.4. The highest BCUT2D eigenvalue weighted by molar-refractivity contribution is 14.1. The lowest BCUT2D eigenvalue weighted by Crippen LogP contribution is -2.07. The zero-order valence-electron chi connectivity index (χ0n) is 12.2. The van der Waals surface area contributed by atoms with Gasteiger partial charge >= 0.3 is 0 Å². The van der Waals surface area contributed by atoms with E-state index in [-0.39, 0.29) is 0 Å². The smallest absolute Gasteiger partial charge is 0.161 e. The van der Waals surface area contributed by atoms with E-state index < -0.39 is 0 Å². The van der Waals surface area contributed by atoms with Gasteiger partial charge in [0.05, 0.1) is 15.9 Å². The van der Waals surface area contributed by atoms with Crippen LogP contribution in [0.25, 0.3) is 11.4 Å². The second kappa shape index (κ2) is 6.17. The van der Waals surface area contributed by atoms with E-state index in [0.29, 0.717) is 0 Å². The summed E-state index contributed by atoms with van der Waals surface area (Å²) in [7, 11) is 0. The first-order valence-electron chi connectivity index (χ1n) is 7.29. The van der Waals surface area contributed by atoms with Gasteiger partial charge in [0.15, 0.2) is 5.82 Å². The maximum absolute atomic E-state index is 5.56. The van der Waals surface area contributed by atoms with Crippen molar-refractivity contribution in [2.45, 2.75) is 26.7 Å². The monoisotopic (exact) mass is 395 g/mol. The number of benzene rings is 1. The van der Waals surface area contributed by atoms with Gasteiger partial charge in [-0.1, -0.05) is 6.92 Å². The van der Waals surface area contributed by atoms with Gasteiger partial charge in [0, 0.05) is 18.5 Å². The number of aromatic nitrogens is 2. The molecular formula is C16H18IN3O. The summed E-state index contributed by atoms with van der Waals surface area (Å²) < 4.78 is 6.68. The van der Waals surface area contributed by atoms with Crippen molar-refractivity contribution in [1.82, 2.24) is 9.97 Å². The maximum Gasteiger partial charge on any atom is 0.161 e. The topological polar surface area (TPSA) is 47.0 Å². The Bertz CT molecular complexity index is 673. The minimum absolute atomic E-state index is 0.773. The molecule has 1 aliphatic rings. The molecule has 0 amide bonds. The van der Waals surface area contributed by atoms with E-state index in [1.165, 1.54) is 5.56 Å². The average molecular weight is 395 g/mol. The fraction of sp³-hybridized carbons (Fsp3) is 0.375. The molecule has 21 heavy (non-hydrogen) atoms. The van der Waals surface area contributed by atoms with Crippen molar-refractivity contribution < 1.29 is 4.74 Å².